The first kappa shape index (κ1) is 77.0. The van der Waals surface area contributed by atoms with E-state index in [9.17, 15) is 19.2 Å². The minimum atomic E-state index is -0.180. The second-order valence-electron chi connectivity index (χ2n) is 24.8. The lowest BCUT2D eigenvalue weighted by atomic mass is 9.92. The van der Waals surface area contributed by atoms with E-state index in [1.165, 1.54) is 0 Å². The van der Waals surface area contributed by atoms with Gasteiger partial charge in [-0.15, -0.1) is 0 Å². The van der Waals surface area contributed by atoms with Crippen LogP contribution in [0.5, 0.6) is 46.0 Å². The highest BCUT2D eigenvalue weighted by Crippen LogP contribution is 2.35. The number of ketones is 4. The van der Waals surface area contributed by atoms with Crippen LogP contribution in [0, 0.1) is 23.7 Å². The predicted octanol–water partition coefficient (Wildman–Crippen LogP) is 13.5. The lowest BCUT2D eigenvalue weighted by Crippen LogP contribution is -2.16. The van der Waals surface area contributed by atoms with Crippen LogP contribution in [0.3, 0.4) is 0 Å². The number of Topliss-reactive ketones (excluding diaryl/α,β-unsaturated/α-hetero) is 4. The molecule has 0 N–H and O–H groups in total. The standard InChI is InChI=1S/C76H108O20/c1-57-17-13-9-5-6-10-14-18-58(2)74(78)62-22-26-66-70(54-62)94-51-43-87-35-31-84-40-48-92-68-28-24-64(56-72(68)96-52-44-88-36-32-83-39-47-91-66)76(80)60(4)20-16-12-8-7-11-15-19-59(3)75(79)63-23-27-67-71(55-63)95-50-42-86-34-30-81-37-45-89-65-25-21-61(73(57)77)53-69(65)93-49-41-85-33-29-82-38-46-90-67/h21-28,53-60H,5-20,29-52H2,1-4H3. The Morgan fingerprint density at radius 3 is 0.552 bits per heavy atom. The van der Waals surface area contributed by atoms with Crippen molar-refractivity contribution in [2.75, 3.05) is 159 Å². The lowest BCUT2D eigenvalue weighted by molar-refractivity contribution is 0.0223. The van der Waals surface area contributed by atoms with Gasteiger partial charge in [-0.3, -0.25) is 19.2 Å². The fraction of sp³-hybridized carbons (Fsp3) is 0.632. The Labute approximate surface area is 569 Å². The van der Waals surface area contributed by atoms with Crippen LogP contribution in [0.25, 0.3) is 0 Å². The SMILES string of the molecule is CC1CCCCCCCCC(C)C(=O)c2ccc3c(c2)OCCOCCOCCOc2ccc(cc2OCCOCCOCCO3)C(=O)C(C)CCCCCCCCC(C)C(=O)c2ccc3c(c2)OCCOCCOCCOc2ccc(cc2OCCOCCOCCO3)C1=O. The molecular weight excluding hydrogens is 1230 g/mol. The van der Waals surface area contributed by atoms with Gasteiger partial charge in [-0.25, -0.2) is 0 Å². The van der Waals surface area contributed by atoms with Gasteiger partial charge in [0.1, 0.15) is 52.9 Å². The van der Waals surface area contributed by atoms with Crippen molar-refractivity contribution in [2.24, 2.45) is 23.7 Å². The average Bonchev–Trinajstić information content (AvgIpc) is 0.992. The Kier molecular flexibility index (Phi) is 36.9. The number of rotatable bonds is 0. The van der Waals surface area contributed by atoms with Gasteiger partial charge in [-0.05, 0) is 98.5 Å². The highest BCUT2D eigenvalue weighted by Gasteiger charge is 2.23. The van der Waals surface area contributed by atoms with E-state index in [1.54, 1.807) is 72.8 Å². The van der Waals surface area contributed by atoms with E-state index in [0.29, 0.717) is 174 Å². The van der Waals surface area contributed by atoms with Crippen molar-refractivity contribution in [3.05, 3.63) is 95.1 Å². The van der Waals surface area contributed by atoms with Crippen LogP contribution in [0.15, 0.2) is 72.8 Å². The zero-order valence-corrected chi connectivity index (χ0v) is 57.7. The van der Waals surface area contributed by atoms with Gasteiger partial charge in [0.2, 0.25) is 0 Å². The third-order valence-electron chi connectivity index (χ3n) is 17.1. The van der Waals surface area contributed by atoms with Gasteiger partial charge in [0, 0.05) is 45.9 Å². The molecule has 96 heavy (non-hydrogen) atoms. The minimum absolute atomic E-state index is 0.0498. The number of carbonyl (C=O) groups is 4. The molecule has 14 aliphatic heterocycles. The van der Waals surface area contributed by atoms with Gasteiger partial charge >= 0.3 is 0 Å². The summed E-state index contributed by atoms with van der Waals surface area (Å²) in [6, 6.07) is 21.3. The molecule has 0 radical (unpaired) electrons. The van der Waals surface area contributed by atoms with Crippen molar-refractivity contribution in [3.8, 4) is 46.0 Å². The summed E-state index contributed by atoms with van der Waals surface area (Å²) in [5.41, 5.74) is 2.25. The molecule has 18 rings (SSSR count). The summed E-state index contributed by atoms with van der Waals surface area (Å²) in [5, 5.41) is 0. The van der Waals surface area contributed by atoms with E-state index in [-0.39, 0.29) is 99.7 Å². The van der Waals surface area contributed by atoms with E-state index in [1.807, 2.05) is 27.7 Å². The molecule has 20 nitrogen and oxygen atoms in total. The maximum Gasteiger partial charge on any atom is 0.165 e. The second-order valence-corrected chi connectivity index (χ2v) is 24.8. The molecular formula is C76H108O20. The third-order valence-corrected chi connectivity index (χ3v) is 17.1. The van der Waals surface area contributed by atoms with Crippen molar-refractivity contribution in [1.29, 1.82) is 0 Å². The van der Waals surface area contributed by atoms with Crippen LogP contribution < -0.4 is 37.9 Å². The zero-order valence-electron chi connectivity index (χ0n) is 57.7. The molecule has 0 aromatic heterocycles. The monoisotopic (exact) mass is 1340 g/mol. The summed E-state index contributed by atoms with van der Waals surface area (Å²) in [7, 11) is 0. The van der Waals surface area contributed by atoms with Crippen LogP contribution >= 0.6 is 0 Å². The van der Waals surface area contributed by atoms with E-state index >= 15 is 0 Å². The topological polar surface area (TPSA) is 216 Å². The van der Waals surface area contributed by atoms with E-state index in [2.05, 4.69) is 0 Å². The van der Waals surface area contributed by atoms with Crippen LogP contribution in [-0.2, 0) is 37.9 Å². The maximum absolute atomic E-state index is 13.8. The summed E-state index contributed by atoms with van der Waals surface area (Å²) < 4.78 is 95.9. The number of hydrogen-bond acceptors (Lipinski definition) is 20. The fourth-order valence-electron chi connectivity index (χ4n) is 11.4. The smallest absolute Gasteiger partial charge is 0.165 e. The first-order valence-corrected chi connectivity index (χ1v) is 35.4. The zero-order chi connectivity index (χ0) is 67.6. The van der Waals surface area contributed by atoms with Gasteiger partial charge in [0.05, 0.1) is 106 Å². The van der Waals surface area contributed by atoms with Crippen LogP contribution in [0.2, 0.25) is 0 Å². The van der Waals surface area contributed by atoms with Gasteiger partial charge in [0.25, 0.3) is 0 Å². The molecule has 0 aliphatic carbocycles. The molecule has 0 saturated carbocycles. The van der Waals surface area contributed by atoms with Gasteiger partial charge in [-0.1, -0.05) is 105 Å². The number of ether oxygens (including phenoxy) is 16. The quantitative estimate of drug-likeness (QED) is 0.160. The molecule has 0 spiro atoms. The first-order valence-electron chi connectivity index (χ1n) is 35.4. The third kappa shape index (κ3) is 28.6. The average molecular weight is 1340 g/mol. The van der Waals surface area contributed by atoms with Crippen LogP contribution in [0.1, 0.15) is 172 Å². The summed E-state index contributed by atoms with van der Waals surface area (Å²) >= 11 is 0. The highest BCUT2D eigenvalue weighted by atomic mass is 16.6. The summed E-state index contributed by atoms with van der Waals surface area (Å²) in [6.45, 7) is 15.0. The molecule has 4 aromatic rings. The van der Waals surface area contributed by atoms with Crippen LogP contribution in [0.4, 0.5) is 0 Å². The molecule has 0 amide bonds. The summed E-state index contributed by atoms with van der Waals surface area (Å²) in [4.78, 5) is 55.2. The van der Waals surface area contributed by atoms with E-state index < -0.39 is 0 Å². The number of carbonyl (C=O) groups excluding carboxylic acids is 4. The molecule has 20 heteroatoms. The Bertz CT molecular complexity index is 2500. The molecule has 0 fully saturated rings. The molecule has 4 atom stereocenters. The Morgan fingerprint density at radius 1 is 0.208 bits per heavy atom. The van der Waals surface area contributed by atoms with Crippen molar-refractivity contribution in [1.82, 2.24) is 0 Å². The Morgan fingerprint density at radius 2 is 0.365 bits per heavy atom. The Hall–Kier alpha value is -6.36. The van der Waals surface area contributed by atoms with Gasteiger partial charge in [-0.2, -0.15) is 0 Å². The molecule has 532 valence electrons. The van der Waals surface area contributed by atoms with Crippen LogP contribution in [-0.4, -0.2) is 182 Å². The van der Waals surface area contributed by atoms with E-state index in [4.69, 9.17) is 75.8 Å². The summed E-state index contributed by atoms with van der Waals surface area (Å²) in [5.74, 6) is 3.34. The van der Waals surface area contributed by atoms with Crippen molar-refractivity contribution in [2.45, 2.75) is 130 Å². The fourth-order valence-corrected chi connectivity index (χ4v) is 11.4. The maximum atomic E-state index is 13.8. The predicted molar refractivity (Wildman–Crippen MR) is 364 cm³/mol. The van der Waals surface area contributed by atoms with Crippen molar-refractivity contribution >= 4 is 23.1 Å². The first-order chi connectivity index (χ1) is 47.0. The highest BCUT2D eigenvalue weighted by molar-refractivity contribution is 6.00. The Balaban J connectivity index is 0.967. The minimum Gasteiger partial charge on any atom is -0.487 e. The number of benzene rings is 4. The lowest BCUT2D eigenvalue weighted by Gasteiger charge is -2.17. The summed E-state index contributed by atoms with van der Waals surface area (Å²) in [6.07, 6.45) is 15.0. The normalized spacial score (nSPS) is 22.8. The van der Waals surface area contributed by atoms with E-state index in [0.717, 1.165) is 103 Å². The van der Waals surface area contributed by atoms with Gasteiger partial charge < -0.3 is 75.8 Å². The van der Waals surface area contributed by atoms with Gasteiger partial charge in [0.15, 0.2) is 69.1 Å². The largest absolute Gasteiger partial charge is 0.487 e. The molecule has 14 heterocycles. The molecule has 14 aliphatic rings. The number of hydrogen-bond donors (Lipinski definition) is 0. The molecule has 12 bridgehead atoms. The second kappa shape index (κ2) is 46.0. The molecule has 4 unspecified atom stereocenters. The van der Waals surface area contributed by atoms with Crippen molar-refractivity contribution in [3.63, 3.8) is 0 Å². The molecule has 4 aromatic carbocycles. The molecule has 0 saturated heterocycles. The van der Waals surface area contributed by atoms with Crippen molar-refractivity contribution < 1.29 is 95.0 Å².